The van der Waals surface area contributed by atoms with E-state index in [-0.39, 0.29) is 11.7 Å². The lowest BCUT2D eigenvalue weighted by atomic mass is 9.97. The van der Waals surface area contributed by atoms with E-state index in [4.69, 9.17) is 0 Å². The van der Waals surface area contributed by atoms with Gasteiger partial charge in [0, 0.05) is 6.20 Å². The van der Waals surface area contributed by atoms with Gasteiger partial charge in [0.15, 0.2) is 0 Å². The molecule has 0 atom stereocenters. The standard InChI is InChI=1S/C12H18FN/c1-7(2)10-6-14-12(8(3)4)11(13)9(10)5/h6-8H,1-5H3. The van der Waals surface area contributed by atoms with E-state index in [9.17, 15) is 4.39 Å². The molecule has 0 unspecified atom stereocenters. The topological polar surface area (TPSA) is 12.9 Å². The molecule has 0 aromatic carbocycles. The highest BCUT2D eigenvalue weighted by Crippen LogP contribution is 2.25. The maximum absolute atomic E-state index is 13.8. The first-order valence-electron chi connectivity index (χ1n) is 5.10. The lowest BCUT2D eigenvalue weighted by Crippen LogP contribution is -2.04. The van der Waals surface area contributed by atoms with Crippen LogP contribution in [0.1, 0.15) is 56.4 Å². The fourth-order valence-electron chi connectivity index (χ4n) is 1.60. The third-order valence-corrected chi connectivity index (χ3v) is 2.50. The Balaban J connectivity index is 3.26. The molecule has 0 aliphatic rings. The van der Waals surface area contributed by atoms with Crippen LogP contribution in [0.3, 0.4) is 0 Å². The Bertz CT molecular complexity index is 296. The number of aromatic nitrogens is 1. The van der Waals surface area contributed by atoms with Gasteiger partial charge >= 0.3 is 0 Å². The minimum Gasteiger partial charge on any atom is -0.258 e. The summed E-state index contributed by atoms with van der Waals surface area (Å²) in [6.45, 7) is 9.86. The summed E-state index contributed by atoms with van der Waals surface area (Å²) in [4.78, 5) is 4.18. The predicted octanol–water partition coefficient (Wildman–Crippen LogP) is 3.78. The first-order chi connectivity index (χ1) is 6.45. The quantitative estimate of drug-likeness (QED) is 0.700. The van der Waals surface area contributed by atoms with Crippen molar-refractivity contribution in [3.63, 3.8) is 0 Å². The lowest BCUT2D eigenvalue weighted by molar-refractivity contribution is 0.570. The summed E-state index contributed by atoms with van der Waals surface area (Å²) in [7, 11) is 0. The third-order valence-electron chi connectivity index (χ3n) is 2.50. The van der Waals surface area contributed by atoms with E-state index in [0.717, 1.165) is 11.1 Å². The second-order valence-corrected chi connectivity index (χ2v) is 4.35. The second kappa shape index (κ2) is 4.07. The molecule has 0 saturated heterocycles. The number of rotatable bonds is 2. The molecule has 1 aromatic heterocycles. The van der Waals surface area contributed by atoms with Crippen molar-refractivity contribution in [3.05, 3.63) is 28.8 Å². The van der Waals surface area contributed by atoms with Crippen molar-refractivity contribution in [1.29, 1.82) is 0 Å². The molecule has 1 rings (SSSR count). The molecular weight excluding hydrogens is 177 g/mol. The van der Waals surface area contributed by atoms with Gasteiger partial charge in [0.1, 0.15) is 5.82 Å². The molecule has 0 fully saturated rings. The van der Waals surface area contributed by atoms with Crippen LogP contribution in [0.2, 0.25) is 0 Å². The Labute approximate surface area is 85.4 Å². The van der Waals surface area contributed by atoms with Gasteiger partial charge in [0.25, 0.3) is 0 Å². The van der Waals surface area contributed by atoms with Crippen molar-refractivity contribution in [2.45, 2.75) is 46.5 Å². The van der Waals surface area contributed by atoms with Crippen molar-refractivity contribution in [2.24, 2.45) is 0 Å². The minimum atomic E-state index is -0.133. The summed E-state index contributed by atoms with van der Waals surface area (Å²) < 4.78 is 13.8. The summed E-state index contributed by atoms with van der Waals surface area (Å²) in [6.07, 6.45) is 1.80. The molecule has 0 aliphatic carbocycles. The molecule has 0 bridgehead atoms. The van der Waals surface area contributed by atoms with Crippen LogP contribution >= 0.6 is 0 Å². The van der Waals surface area contributed by atoms with E-state index in [2.05, 4.69) is 18.8 Å². The molecule has 1 aromatic rings. The first-order valence-corrected chi connectivity index (χ1v) is 5.10. The molecule has 0 spiro atoms. The fourth-order valence-corrected chi connectivity index (χ4v) is 1.60. The number of hydrogen-bond acceptors (Lipinski definition) is 1. The van der Waals surface area contributed by atoms with Crippen LogP contribution in [-0.4, -0.2) is 4.98 Å². The van der Waals surface area contributed by atoms with Crippen LogP contribution in [0.25, 0.3) is 0 Å². The number of hydrogen-bond donors (Lipinski definition) is 0. The van der Waals surface area contributed by atoms with Crippen molar-refractivity contribution in [1.82, 2.24) is 4.98 Å². The average Bonchev–Trinajstić information content (AvgIpc) is 2.08. The van der Waals surface area contributed by atoms with Crippen LogP contribution in [-0.2, 0) is 0 Å². The molecule has 0 amide bonds. The number of nitrogens with zero attached hydrogens (tertiary/aromatic N) is 1. The molecule has 78 valence electrons. The number of pyridine rings is 1. The van der Waals surface area contributed by atoms with Gasteiger partial charge in [0.2, 0.25) is 0 Å². The van der Waals surface area contributed by atoms with Gasteiger partial charge in [-0.2, -0.15) is 0 Å². The molecule has 2 heteroatoms. The molecule has 1 nitrogen and oxygen atoms in total. The van der Waals surface area contributed by atoms with E-state index < -0.39 is 0 Å². The SMILES string of the molecule is Cc1c(C(C)C)cnc(C(C)C)c1F. The number of halogens is 1. The van der Waals surface area contributed by atoms with Crippen molar-refractivity contribution >= 4 is 0 Å². The van der Waals surface area contributed by atoms with E-state index in [1.54, 1.807) is 6.20 Å². The van der Waals surface area contributed by atoms with Crippen LogP contribution < -0.4 is 0 Å². The second-order valence-electron chi connectivity index (χ2n) is 4.35. The van der Waals surface area contributed by atoms with Crippen LogP contribution in [0.5, 0.6) is 0 Å². The van der Waals surface area contributed by atoms with E-state index in [1.165, 1.54) is 0 Å². The van der Waals surface area contributed by atoms with Gasteiger partial charge < -0.3 is 0 Å². The van der Waals surface area contributed by atoms with Crippen molar-refractivity contribution in [2.75, 3.05) is 0 Å². The minimum absolute atomic E-state index is 0.133. The summed E-state index contributed by atoms with van der Waals surface area (Å²) in [5.41, 5.74) is 2.33. The molecule has 0 aliphatic heterocycles. The van der Waals surface area contributed by atoms with Crippen molar-refractivity contribution in [3.8, 4) is 0 Å². The van der Waals surface area contributed by atoms with Crippen LogP contribution in [0, 0.1) is 12.7 Å². The Morgan fingerprint density at radius 3 is 2.14 bits per heavy atom. The molecule has 1 heterocycles. The highest BCUT2D eigenvalue weighted by Gasteiger charge is 2.15. The highest BCUT2D eigenvalue weighted by molar-refractivity contribution is 5.30. The molecule has 0 saturated carbocycles. The highest BCUT2D eigenvalue weighted by atomic mass is 19.1. The van der Waals surface area contributed by atoms with E-state index >= 15 is 0 Å². The normalized spacial score (nSPS) is 11.4. The zero-order chi connectivity index (χ0) is 10.9. The average molecular weight is 195 g/mol. The fraction of sp³-hybridized carbons (Fsp3) is 0.583. The molecule has 0 N–H and O–H groups in total. The van der Waals surface area contributed by atoms with Gasteiger partial charge in [0.05, 0.1) is 5.69 Å². The molecule has 0 radical (unpaired) electrons. The molecular formula is C12H18FN. The first kappa shape index (κ1) is 11.2. The maximum Gasteiger partial charge on any atom is 0.148 e. The summed E-state index contributed by atoms with van der Waals surface area (Å²) >= 11 is 0. The zero-order valence-corrected chi connectivity index (χ0v) is 9.56. The molecule has 14 heavy (non-hydrogen) atoms. The Morgan fingerprint density at radius 1 is 1.14 bits per heavy atom. The predicted molar refractivity (Wildman–Crippen MR) is 57.1 cm³/mol. The summed E-state index contributed by atoms with van der Waals surface area (Å²) in [5, 5.41) is 0. The van der Waals surface area contributed by atoms with Gasteiger partial charge in [-0.25, -0.2) is 4.39 Å². The Kier molecular flexibility index (Phi) is 3.25. The smallest absolute Gasteiger partial charge is 0.148 e. The Morgan fingerprint density at radius 2 is 1.71 bits per heavy atom. The van der Waals surface area contributed by atoms with E-state index in [0.29, 0.717) is 11.6 Å². The Hall–Kier alpha value is -0.920. The van der Waals surface area contributed by atoms with E-state index in [1.807, 2.05) is 20.8 Å². The van der Waals surface area contributed by atoms with Gasteiger partial charge in [-0.15, -0.1) is 0 Å². The monoisotopic (exact) mass is 195 g/mol. The maximum atomic E-state index is 13.8. The van der Waals surface area contributed by atoms with Gasteiger partial charge in [-0.3, -0.25) is 4.98 Å². The van der Waals surface area contributed by atoms with Gasteiger partial charge in [-0.1, -0.05) is 27.7 Å². The van der Waals surface area contributed by atoms with Crippen LogP contribution in [0.4, 0.5) is 4.39 Å². The summed E-state index contributed by atoms with van der Waals surface area (Å²) in [5.74, 6) is 0.347. The summed E-state index contributed by atoms with van der Waals surface area (Å²) in [6, 6.07) is 0. The van der Waals surface area contributed by atoms with Crippen molar-refractivity contribution < 1.29 is 4.39 Å². The third kappa shape index (κ3) is 1.94. The lowest BCUT2D eigenvalue weighted by Gasteiger charge is -2.14. The van der Waals surface area contributed by atoms with Crippen LogP contribution in [0.15, 0.2) is 6.20 Å². The van der Waals surface area contributed by atoms with Gasteiger partial charge in [-0.05, 0) is 29.9 Å². The zero-order valence-electron chi connectivity index (χ0n) is 9.56. The largest absolute Gasteiger partial charge is 0.258 e.